The average molecular weight is 502 g/mol. The van der Waals surface area contributed by atoms with E-state index < -0.39 is 112 Å². The first kappa shape index (κ1) is 28.0. The van der Waals surface area contributed by atoms with Gasteiger partial charge in [-0.1, -0.05) is 0 Å². The number of aliphatic hydroxyl groups is 10. The minimum Gasteiger partial charge on any atom is -0.394 e. The topological polar surface area (TPSA) is 248 Å². The van der Waals surface area contributed by atoms with Crippen LogP contribution in [0, 0.1) is 0 Å². The summed E-state index contributed by atoms with van der Waals surface area (Å²) in [5.74, 6) is 0. The predicted molar refractivity (Wildman–Crippen MR) is 105 cm³/mol. The highest BCUT2D eigenvalue weighted by atomic mass is 16.7. The number of aliphatic hydroxyl groups excluding tert-OH is 10. The van der Waals surface area contributed by atoms with E-state index in [2.05, 4.69) is 0 Å². The second-order valence-corrected chi connectivity index (χ2v) is 8.69. The van der Waals surface area contributed by atoms with Gasteiger partial charge in [0, 0.05) is 0 Å². The third-order valence-corrected chi connectivity index (χ3v) is 6.34. The molecule has 15 nitrogen and oxygen atoms in total. The summed E-state index contributed by atoms with van der Waals surface area (Å²) in [7, 11) is 0. The summed E-state index contributed by atoms with van der Waals surface area (Å²) in [6.45, 7) is -0.391. The van der Waals surface area contributed by atoms with E-state index in [1.165, 1.54) is 6.92 Å². The van der Waals surface area contributed by atoms with Crippen molar-refractivity contribution >= 4 is 0 Å². The molecule has 3 fully saturated rings. The molecular formula is C19H34O15. The van der Waals surface area contributed by atoms with Gasteiger partial charge < -0.3 is 74.7 Å². The van der Waals surface area contributed by atoms with Crippen molar-refractivity contribution in [3.8, 4) is 0 Å². The fourth-order valence-electron chi connectivity index (χ4n) is 4.16. The summed E-state index contributed by atoms with van der Waals surface area (Å²) in [6.07, 6.45) is -22.2. The van der Waals surface area contributed by atoms with Gasteiger partial charge in [-0.05, 0) is 6.92 Å². The van der Waals surface area contributed by atoms with Crippen LogP contribution in [0.1, 0.15) is 6.92 Å². The summed E-state index contributed by atoms with van der Waals surface area (Å²) < 4.78 is 26.9. The Bertz CT molecular complexity index is 637. The van der Waals surface area contributed by atoms with Gasteiger partial charge in [0.05, 0.1) is 25.9 Å². The van der Waals surface area contributed by atoms with Gasteiger partial charge in [-0.25, -0.2) is 0 Å². The van der Waals surface area contributed by atoms with Crippen LogP contribution < -0.4 is 0 Å². The fraction of sp³-hybridized carbons (Fsp3) is 1.00. The lowest BCUT2D eigenvalue weighted by Crippen LogP contribution is -2.65. The van der Waals surface area contributed by atoms with Crippen molar-refractivity contribution in [3.63, 3.8) is 0 Å². The molecule has 0 amide bonds. The monoisotopic (exact) mass is 502 g/mol. The maximum atomic E-state index is 10.6. The molecule has 3 heterocycles. The maximum absolute atomic E-state index is 10.6. The molecule has 0 aliphatic carbocycles. The molecule has 15 atom stereocenters. The van der Waals surface area contributed by atoms with E-state index in [1.54, 1.807) is 0 Å². The Morgan fingerprint density at radius 2 is 1.09 bits per heavy atom. The molecule has 0 aromatic carbocycles. The maximum Gasteiger partial charge on any atom is 0.187 e. The van der Waals surface area contributed by atoms with Crippen LogP contribution in [0.3, 0.4) is 0 Å². The number of hydrogen-bond donors (Lipinski definition) is 10. The van der Waals surface area contributed by atoms with E-state index in [9.17, 15) is 51.1 Å². The van der Waals surface area contributed by atoms with Gasteiger partial charge in [0.2, 0.25) is 0 Å². The summed E-state index contributed by atoms with van der Waals surface area (Å²) in [6, 6.07) is 0. The van der Waals surface area contributed by atoms with E-state index in [4.69, 9.17) is 23.7 Å². The minimum absolute atomic E-state index is 0.417. The minimum atomic E-state index is -1.79. The summed E-state index contributed by atoms with van der Waals surface area (Å²) in [5.41, 5.74) is 0. The van der Waals surface area contributed by atoms with Crippen LogP contribution in [0.2, 0.25) is 0 Å². The van der Waals surface area contributed by atoms with E-state index in [0.717, 1.165) is 0 Å². The predicted octanol–water partition coefficient (Wildman–Crippen LogP) is -6.50. The van der Waals surface area contributed by atoms with Gasteiger partial charge in [-0.15, -0.1) is 0 Å². The highest BCUT2D eigenvalue weighted by Crippen LogP contribution is 2.30. The molecule has 0 bridgehead atoms. The lowest BCUT2D eigenvalue weighted by Gasteiger charge is -2.46. The van der Waals surface area contributed by atoms with E-state index in [0.29, 0.717) is 0 Å². The molecular weight excluding hydrogens is 468 g/mol. The van der Waals surface area contributed by atoms with E-state index in [-0.39, 0.29) is 0 Å². The third kappa shape index (κ3) is 5.54. The van der Waals surface area contributed by atoms with Crippen LogP contribution in [-0.2, 0) is 23.7 Å². The average Bonchev–Trinajstić information content (AvgIpc) is 2.83. The zero-order valence-corrected chi connectivity index (χ0v) is 18.3. The lowest BCUT2D eigenvalue weighted by atomic mass is 9.96. The third-order valence-electron chi connectivity index (χ3n) is 6.34. The normalized spacial score (nSPS) is 52.5. The second-order valence-electron chi connectivity index (χ2n) is 8.69. The second kappa shape index (κ2) is 11.6. The largest absolute Gasteiger partial charge is 0.394 e. The smallest absolute Gasteiger partial charge is 0.187 e. The summed E-state index contributed by atoms with van der Waals surface area (Å²) >= 11 is 0. The Hall–Kier alpha value is -0.600. The standard InChI is InChI=1S/C19H34O15/c1-5-9(22)12(25)11(24)8(31-5)4-30-18-16(29)14(27)17(7(3-21)33-18)34-19-15(28)13(26)10(23)6(2-20)32-19/h5-29H,2-4H2,1H3/t5-,6?,7?,8?,9?,10-,11-,12?,13?,14?,15?,16?,17+,18+,19-/m1/s1. The molecule has 15 heteroatoms. The molecule has 34 heavy (non-hydrogen) atoms. The van der Waals surface area contributed by atoms with Crippen molar-refractivity contribution in [2.24, 2.45) is 0 Å². The van der Waals surface area contributed by atoms with Crippen molar-refractivity contribution in [3.05, 3.63) is 0 Å². The van der Waals surface area contributed by atoms with Crippen molar-refractivity contribution in [1.29, 1.82) is 0 Å². The fourth-order valence-corrected chi connectivity index (χ4v) is 4.16. The van der Waals surface area contributed by atoms with Crippen LogP contribution in [0.15, 0.2) is 0 Å². The van der Waals surface area contributed by atoms with Gasteiger partial charge in [-0.3, -0.25) is 0 Å². The number of rotatable bonds is 7. The molecule has 3 aliphatic heterocycles. The zero-order valence-electron chi connectivity index (χ0n) is 18.3. The Balaban J connectivity index is 1.63. The van der Waals surface area contributed by atoms with Crippen LogP contribution >= 0.6 is 0 Å². The molecule has 200 valence electrons. The quantitative estimate of drug-likeness (QED) is 0.155. The van der Waals surface area contributed by atoms with E-state index in [1.807, 2.05) is 0 Å². The molecule has 0 saturated carbocycles. The molecule has 0 radical (unpaired) electrons. The highest BCUT2D eigenvalue weighted by Gasteiger charge is 2.51. The molecule has 9 unspecified atom stereocenters. The molecule has 0 spiro atoms. The van der Waals surface area contributed by atoms with Crippen LogP contribution in [0.4, 0.5) is 0 Å². The molecule has 10 N–H and O–H groups in total. The summed E-state index contributed by atoms with van der Waals surface area (Å²) in [4.78, 5) is 0. The Morgan fingerprint density at radius 3 is 1.71 bits per heavy atom. The molecule has 3 saturated heterocycles. The molecule has 3 rings (SSSR count). The Labute approximate surface area is 194 Å². The lowest BCUT2D eigenvalue weighted by molar-refractivity contribution is -0.362. The molecule has 0 aromatic rings. The van der Waals surface area contributed by atoms with Crippen molar-refractivity contribution in [1.82, 2.24) is 0 Å². The van der Waals surface area contributed by atoms with Gasteiger partial charge in [0.15, 0.2) is 12.6 Å². The SMILES string of the molecule is C[C@H]1OC(CO[C@H]2OC(CO)[C@H](O[C@H]3OC(CO)[C@@H](O)C(O)C3O)C(O)C2O)[C@@H](O)C(O)C1O. The first-order chi connectivity index (χ1) is 16.0. The molecule has 0 aromatic heterocycles. The molecule has 3 aliphatic rings. The first-order valence-corrected chi connectivity index (χ1v) is 10.9. The summed E-state index contributed by atoms with van der Waals surface area (Å²) in [5, 5.41) is 99.7. The van der Waals surface area contributed by atoms with Crippen molar-refractivity contribution < 1.29 is 74.7 Å². The zero-order chi connectivity index (χ0) is 25.3. The van der Waals surface area contributed by atoms with Gasteiger partial charge >= 0.3 is 0 Å². The van der Waals surface area contributed by atoms with Crippen molar-refractivity contribution in [2.45, 2.75) is 98.9 Å². The van der Waals surface area contributed by atoms with Crippen LogP contribution in [0.5, 0.6) is 0 Å². The van der Waals surface area contributed by atoms with Gasteiger partial charge in [0.25, 0.3) is 0 Å². The van der Waals surface area contributed by atoms with E-state index >= 15 is 0 Å². The van der Waals surface area contributed by atoms with Gasteiger partial charge in [0.1, 0.15) is 73.2 Å². The Kier molecular flexibility index (Phi) is 9.57. The number of ether oxygens (including phenoxy) is 5. The van der Waals surface area contributed by atoms with Gasteiger partial charge in [-0.2, -0.15) is 0 Å². The van der Waals surface area contributed by atoms with Crippen LogP contribution in [0.25, 0.3) is 0 Å². The van der Waals surface area contributed by atoms with Crippen LogP contribution in [-0.4, -0.2) is 163 Å². The highest BCUT2D eigenvalue weighted by molar-refractivity contribution is 4.95. The Morgan fingerprint density at radius 1 is 0.559 bits per heavy atom. The van der Waals surface area contributed by atoms with Crippen molar-refractivity contribution in [2.75, 3.05) is 19.8 Å². The number of hydrogen-bond acceptors (Lipinski definition) is 15. The first-order valence-electron chi connectivity index (χ1n) is 10.9.